The number of Topliss-reactive ketones (excluding diaryl/α,β-unsaturated/α-hetero) is 1. The first kappa shape index (κ1) is 19.9. The molecule has 0 spiro atoms. The van der Waals surface area contributed by atoms with Crippen LogP contribution in [0.3, 0.4) is 0 Å². The van der Waals surface area contributed by atoms with Crippen molar-refractivity contribution in [3.63, 3.8) is 0 Å². The number of allylic oxidation sites excluding steroid dienone is 1. The van der Waals surface area contributed by atoms with Crippen LogP contribution in [0, 0.1) is 0 Å². The molecule has 1 heterocycles. The number of hydrogen-bond acceptors (Lipinski definition) is 4. The number of hydrogen-bond donors (Lipinski definition) is 2. The molecule has 5 nitrogen and oxygen atoms in total. The fraction of sp³-hybridized carbons (Fsp3) is 0.273. The summed E-state index contributed by atoms with van der Waals surface area (Å²) in [7, 11) is 1.61. The largest absolute Gasteiger partial charge is 0.493 e. The number of carbonyl (C=O) groups is 1. The molecule has 1 aliphatic rings. The van der Waals surface area contributed by atoms with Crippen LogP contribution in [-0.2, 0) is 0 Å². The van der Waals surface area contributed by atoms with Crippen molar-refractivity contribution in [2.75, 3.05) is 13.7 Å². The molecule has 1 atom stereocenters. The van der Waals surface area contributed by atoms with Crippen LogP contribution in [0.25, 0.3) is 0 Å². The van der Waals surface area contributed by atoms with E-state index in [1.807, 2.05) is 62.4 Å². The Morgan fingerprint density at radius 3 is 2.57 bits per heavy atom. The lowest BCUT2D eigenvalue weighted by Crippen LogP contribution is -2.45. The Bertz CT molecular complexity index is 909. The molecule has 6 heteroatoms. The van der Waals surface area contributed by atoms with Crippen molar-refractivity contribution in [1.82, 2.24) is 10.6 Å². The average molecular weight is 397 g/mol. The van der Waals surface area contributed by atoms with Gasteiger partial charge in [-0.25, -0.2) is 0 Å². The van der Waals surface area contributed by atoms with Crippen molar-refractivity contribution in [3.8, 4) is 11.5 Å². The minimum absolute atomic E-state index is 0.0603. The number of ketones is 1. The van der Waals surface area contributed by atoms with Gasteiger partial charge in [0.05, 0.1) is 19.8 Å². The molecule has 1 unspecified atom stereocenters. The highest BCUT2D eigenvalue weighted by Gasteiger charge is 2.33. The normalized spacial score (nSPS) is 16.2. The third-order valence-corrected chi connectivity index (χ3v) is 4.76. The lowest BCUT2D eigenvalue weighted by molar-refractivity contribution is 0.102. The number of benzene rings is 2. The van der Waals surface area contributed by atoms with Crippen LogP contribution in [0.5, 0.6) is 11.5 Å². The minimum Gasteiger partial charge on any atom is -0.493 e. The molecule has 1 aliphatic heterocycles. The van der Waals surface area contributed by atoms with Crippen molar-refractivity contribution in [2.45, 2.75) is 26.3 Å². The second kappa shape index (κ2) is 8.89. The number of ether oxygens (including phenoxy) is 2. The fourth-order valence-corrected chi connectivity index (χ4v) is 3.52. The van der Waals surface area contributed by atoms with Crippen molar-refractivity contribution < 1.29 is 14.3 Å². The first-order chi connectivity index (χ1) is 13.6. The summed E-state index contributed by atoms with van der Waals surface area (Å²) >= 11 is 5.37. The van der Waals surface area contributed by atoms with Gasteiger partial charge in [0.25, 0.3) is 0 Å². The fourth-order valence-electron chi connectivity index (χ4n) is 3.25. The van der Waals surface area contributed by atoms with Gasteiger partial charge in [-0.1, -0.05) is 49.4 Å². The molecule has 3 rings (SSSR count). The van der Waals surface area contributed by atoms with Gasteiger partial charge in [0, 0.05) is 22.4 Å². The maximum absolute atomic E-state index is 13.3. The molecule has 0 aromatic heterocycles. The Hall–Kier alpha value is -2.86. The van der Waals surface area contributed by atoms with Gasteiger partial charge < -0.3 is 20.1 Å². The zero-order valence-electron chi connectivity index (χ0n) is 16.2. The molecule has 2 aromatic carbocycles. The van der Waals surface area contributed by atoms with E-state index in [4.69, 9.17) is 21.7 Å². The topological polar surface area (TPSA) is 59.6 Å². The Labute approximate surface area is 170 Å². The molecule has 0 radical (unpaired) electrons. The zero-order valence-corrected chi connectivity index (χ0v) is 17.1. The molecule has 0 bridgehead atoms. The van der Waals surface area contributed by atoms with Crippen LogP contribution >= 0.6 is 12.2 Å². The van der Waals surface area contributed by atoms with Crippen LogP contribution in [0.2, 0.25) is 0 Å². The summed E-state index contributed by atoms with van der Waals surface area (Å²) in [6.07, 6.45) is 0.861. The highest BCUT2D eigenvalue weighted by molar-refractivity contribution is 7.80. The Kier molecular flexibility index (Phi) is 6.31. The highest BCUT2D eigenvalue weighted by Crippen LogP contribution is 2.39. The van der Waals surface area contributed by atoms with Crippen LogP contribution in [0.15, 0.2) is 59.8 Å². The first-order valence-corrected chi connectivity index (χ1v) is 9.65. The zero-order chi connectivity index (χ0) is 20.1. The summed E-state index contributed by atoms with van der Waals surface area (Å²) in [6, 6.07) is 14.5. The van der Waals surface area contributed by atoms with Gasteiger partial charge in [-0.05, 0) is 31.6 Å². The molecule has 0 aliphatic carbocycles. The van der Waals surface area contributed by atoms with Gasteiger partial charge in [-0.3, -0.25) is 4.79 Å². The summed E-state index contributed by atoms with van der Waals surface area (Å²) in [5.41, 5.74) is 2.77. The maximum Gasteiger partial charge on any atom is 0.193 e. The van der Waals surface area contributed by atoms with Crippen LogP contribution in [0.1, 0.15) is 42.2 Å². The minimum atomic E-state index is -0.441. The van der Waals surface area contributed by atoms with Crippen molar-refractivity contribution in [1.29, 1.82) is 0 Å². The Balaban J connectivity index is 2.12. The summed E-state index contributed by atoms with van der Waals surface area (Å²) in [4.78, 5) is 13.3. The molecule has 2 N–H and O–H groups in total. The van der Waals surface area contributed by atoms with Crippen molar-refractivity contribution >= 4 is 23.1 Å². The molecule has 146 valence electrons. The van der Waals surface area contributed by atoms with E-state index in [9.17, 15) is 4.79 Å². The van der Waals surface area contributed by atoms with Crippen LogP contribution in [0.4, 0.5) is 0 Å². The average Bonchev–Trinajstić information content (AvgIpc) is 2.71. The highest BCUT2D eigenvalue weighted by atomic mass is 32.1. The summed E-state index contributed by atoms with van der Waals surface area (Å²) in [5.74, 6) is 1.19. The lowest BCUT2D eigenvalue weighted by Gasteiger charge is -2.31. The van der Waals surface area contributed by atoms with Gasteiger partial charge >= 0.3 is 0 Å². The quantitative estimate of drug-likeness (QED) is 0.541. The van der Waals surface area contributed by atoms with Gasteiger partial charge in [0.2, 0.25) is 0 Å². The Morgan fingerprint density at radius 2 is 1.89 bits per heavy atom. The van der Waals surface area contributed by atoms with E-state index in [-0.39, 0.29) is 5.78 Å². The monoisotopic (exact) mass is 396 g/mol. The SMILES string of the molecule is CCCOc1c(OC)cccc1C1NC(=S)NC(C)=C1C(=O)c1ccccc1. The van der Waals surface area contributed by atoms with E-state index in [1.54, 1.807) is 7.11 Å². The number of carbonyl (C=O) groups excluding carboxylic acids is 1. The van der Waals surface area contributed by atoms with Crippen molar-refractivity contribution in [2.24, 2.45) is 0 Å². The van der Waals surface area contributed by atoms with Gasteiger partial charge in [-0.2, -0.15) is 0 Å². The maximum atomic E-state index is 13.3. The summed E-state index contributed by atoms with van der Waals surface area (Å²) in [6.45, 7) is 4.46. The third-order valence-electron chi connectivity index (χ3n) is 4.54. The Morgan fingerprint density at radius 1 is 1.14 bits per heavy atom. The standard InChI is InChI=1S/C22H24N2O3S/c1-4-13-27-21-16(11-8-12-17(21)26-3)19-18(14(2)23-22(28)24-19)20(25)15-9-6-5-7-10-15/h5-12,19H,4,13H2,1-3H3,(H2,23,24,28). The summed E-state index contributed by atoms with van der Waals surface area (Å²) < 4.78 is 11.5. The van der Waals surface area contributed by atoms with E-state index in [0.29, 0.717) is 34.4 Å². The molecule has 28 heavy (non-hydrogen) atoms. The van der Waals surface area contributed by atoms with Crippen LogP contribution in [-0.4, -0.2) is 24.6 Å². The summed E-state index contributed by atoms with van der Waals surface area (Å²) in [5, 5.41) is 6.78. The van der Waals surface area contributed by atoms with E-state index in [0.717, 1.165) is 17.7 Å². The van der Waals surface area contributed by atoms with Gasteiger partial charge in [0.1, 0.15) is 0 Å². The van der Waals surface area contributed by atoms with Gasteiger partial charge in [0.15, 0.2) is 22.4 Å². The third kappa shape index (κ3) is 4.02. The second-order valence-electron chi connectivity index (χ2n) is 6.49. The number of thiocarbonyl (C=S) groups is 1. The van der Waals surface area contributed by atoms with Crippen molar-refractivity contribution in [3.05, 3.63) is 70.9 Å². The molecular weight excluding hydrogens is 372 g/mol. The lowest BCUT2D eigenvalue weighted by atomic mass is 9.89. The number of nitrogens with one attached hydrogen (secondary N) is 2. The second-order valence-corrected chi connectivity index (χ2v) is 6.90. The number of para-hydroxylation sites is 1. The van der Waals surface area contributed by atoms with Gasteiger partial charge in [-0.15, -0.1) is 0 Å². The molecule has 0 saturated carbocycles. The molecular formula is C22H24N2O3S. The predicted octanol–water partition coefficient (Wildman–Crippen LogP) is 4.16. The molecule has 2 aromatic rings. The molecule has 0 amide bonds. The number of rotatable bonds is 7. The predicted molar refractivity (Wildman–Crippen MR) is 114 cm³/mol. The van der Waals surface area contributed by atoms with Crippen LogP contribution < -0.4 is 20.1 Å². The van der Waals surface area contributed by atoms with E-state index < -0.39 is 6.04 Å². The molecule has 0 saturated heterocycles. The molecule has 0 fully saturated rings. The van der Waals surface area contributed by atoms with E-state index in [2.05, 4.69) is 10.6 Å². The van der Waals surface area contributed by atoms with E-state index >= 15 is 0 Å². The smallest absolute Gasteiger partial charge is 0.193 e. The number of methoxy groups -OCH3 is 1. The first-order valence-electron chi connectivity index (χ1n) is 9.24. The van der Waals surface area contributed by atoms with E-state index in [1.165, 1.54) is 0 Å².